The number of aromatic nitrogens is 2. The van der Waals surface area contributed by atoms with E-state index in [9.17, 15) is 9.90 Å². The Morgan fingerprint density at radius 1 is 1.55 bits per heavy atom. The van der Waals surface area contributed by atoms with Crippen molar-refractivity contribution in [3.63, 3.8) is 0 Å². The molecule has 1 aromatic rings. The van der Waals surface area contributed by atoms with E-state index in [-0.39, 0.29) is 18.2 Å². The number of nitrogens with zero attached hydrogens (tertiary/aromatic N) is 2. The van der Waals surface area contributed by atoms with Crippen LogP contribution in [-0.2, 0) is 6.54 Å². The Hall–Kier alpha value is -0.880. The molecule has 2 N–H and O–H groups in total. The lowest BCUT2D eigenvalue weighted by Gasteiger charge is -2.20. The molecule has 0 bridgehead atoms. The second-order valence-electron chi connectivity index (χ2n) is 5.96. The number of halogens is 1. The summed E-state index contributed by atoms with van der Waals surface area (Å²) in [6.45, 7) is 4.94. The normalized spacial score (nSPS) is 16.4. The maximum Gasteiger partial charge on any atom is 0.283 e. The molecule has 2 rings (SSSR count). The molecule has 1 heterocycles. The van der Waals surface area contributed by atoms with Gasteiger partial charge in [-0.1, -0.05) is 13.8 Å². The van der Waals surface area contributed by atoms with Gasteiger partial charge in [0.05, 0.1) is 18.5 Å². The van der Waals surface area contributed by atoms with E-state index >= 15 is 0 Å². The van der Waals surface area contributed by atoms with Gasteiger partial charge in [0, 0.05) is 12.6 Å². The minimum Gasteiger partial charge on any atom is -0.394 e. The highest BCUT2D eigenvalue weighted by Crippen LogP contribution is 2.30. The summed E-state index contributed by atoms with van der Waals surface area (Å²) >= 11 is 3.35. The first-order chi connectivity index (χ1) is 9.51. The number of rotatable bonds is 7. The third kappa shape index (κ3) is 4.06. The number of anilines is 1. The van der Waals surface area contributed by atoms with Crippen LogP contribution in [0.25, 0.3) is 0 Å². The molecule has 0 saturated heterocycles. The smallest absolute Gasteiger partial charge is 0.283 e. The summed E-state index contributed by atoms with van der Waals surface area (Å²) in [5.74, 6) is 1.08. The van der Waals surface area contributed by atoms with Crippen molar-refractivity contribution >= 4 is 21.6 Å². The average molecular weight is 344 g/mol. The Morgan fingerprint density at radius 3 is 2.80 bits per heavy atom. The van der Waals surface area contributed by atoms with Crippen LogP contribution in [0, 0.1) is 11.8 Å². The molecule has 0 aliphatic heterocycles. The maximum absolute atomic E-state index is 12.2. The quantitative estimate of drug-likeness (QED) is 0.796. The lowest BCUT2D eigenvalue weighted by molar-refractivity contribution is 0.259. The van der Waals surface area contributed by atoms with Gasteiger partial charge in [0.15, 0.2) is 0 Å². The number of hydrogen-bond acceptors (Lipinski definition) is 4. The van der Waals surface area contributed by atoms with Crippen LogP contribution >= 0.6 is 15.9 Å². The molecular formula is C14H22BrN3O2. The van der Waals surface area contributed by atoms with Gasteiger partial charge in [-0.2, -0.15) is 5.10 Å². The van der Waals surface area contributed by atoms with Crippen molar-refractivity contribution in [2.75, 3.05) is 11.9 Å². The van der Waals surface area contributed by atoms with Crippen LogP contribution in [-0.4, -0.2) is 27.5 Å². The molecule has 1 unspecified atom stereocenters. The molecule has 1 saturated carbocycles. The molecule has 112 valence electrons. The molecule has 0 aromatic carbocycles. The summed E-state index contributed by atoms with van der Waals surface area (Å²) in [7, 11) is 0. The molecule has 1 aliphatic carbocycles. The standard InChI is InChI=1S/C14H22BrN3O2/c1-9(2)5-11(8-19)17-12-6-16-18(7-10-3-4-10)14(20)13(12)15/h6,9-11,17,19H,3-5,7-8H2,1-2H3. The van der Waals surface area contributed by atoms with Gasteiger partial charge in [-0.3, -0.25) is 4.79 Å². The highest BCUT2D eigenvalue weighted by atomic mass is 79.9. The number of aliphatic hydroxyl groups is 1. The van der Waals surface area contributed by atoms with Crippen molar-refractivity contribution in [2.24, 2.45) is 11.8 Å². The van der Waals surface area contributed by atoms with Crippen molar-refractivity contribution in [1.29, 1.82) is 0 Å². The summed E-state index contributed by atoms with van der Waals surface area (Å²) in [5.41, 5.74) is 0.546. The van der Waals surface area contributed by atoms with E-state index in [1.165, 1.54) is 17.5 Å². The minimum atomic E-state index is -0.108. The molecule has 6 heteroatoms. The molecule has 0 spiro atoms. The third-order valence-corrected chi connectivity index (χ3v) is 4.22. The molecule has 0 radical (unpaired) electrons. The van der Waals surface area contributed by atoms with E-state index in [1.54, 1.807) is 6.20 Å². The third-order valence-electron chi connectivity index (χ3n) is 3.45. The molecule has 1 fully saturated rings. The number of nitrogens with one attached hydrogen (secondary N) is 1. The fourth-order valence-electron chi connectivity index (χ4n) is 2.21. The van der Waals surface area contributed by atoms with Gasteiger partial charge in [0.1, 0.15) is 4.47 Å². The van der Waals surface area contributed by atoms with Crippen LogP contribution in [0.3, 0.4) is 0 Å². The van der Waals surface area contributed by atoms with E-state index in [0.717, 1.165) is 6.42 Å². The van der Waals surface area contributed by atoms with Crippen molar-refractivity contribution in [2.45, 2.75) is 45.7 Å². The van der Waals surface area contributed by atoms with Gasteiger partial charge in [-0.05, 0) is 47.0 Å². The second-order valence-corrected chi connectivity index (χ2v) is 6.75. The van der Waals surface area contributed by atoms with Gasteiger partial charge in [0.25, 0.3) is 5.56 Å². The Kier molecular flexibility index (Phi) is 5.21. The zero-order valence-corrected chi connectivity index (χ0v) is 13.6. The fraction of sp³-hybridized carbons (Fsp3) is 0.714. The Bertz CT molecular complexity index is 512. The van der Waals surface area contributed by atoms with Crippen LogP contribution in [0.1, 0.15) is 33.1 Å². The lowest BCUT2D eigenvalue weighted by Crippen LogP contribution is -2.29. The number of aliphatic hydroxyl groups excluding tert-OH is 1. The first-order valence-corrected chi connectivity index (χ1v) is 7.93. The summed E-state index contributed by atoms with van der Waals surface area (Å²) < 4.78 is 2.01. The Balaban J connectivity index is 2.11. The van der Waals surface area contributed by atoms with Crippen molar-refractivity contribution in [3.8, 4) is 0 Å². The fourth-order valence-corrected chi connectivity index (χ4v) is 2.63. The Labute approximate surface area is 127 Å². The molecule has 0 amide bonds. The zero-order chi connectivity index (χ0) is 14.7. The lowest BCUT2D eigenvalue weighted by atomic mass is 10.0. The maximum atomic E-state index is 12.2. The monoisotopic (exact) mass is 343 g/mol. The zero-order valence-electron chi connectivity index (χ0n) is 12.0. The van der Waals surface area contributed by atoms with Crippen molar-refractivity contribution < 1.29 is 5.11 Å². The van der Waals surface area contributed by atoms with Crippen LogP contribution < -0.4 is 10.9 Å². The van der Waals surface area contributed by atoms with E-state index in [1.807, 2.05) is 0 Å². The van der Waals surface area contributed by atoms with Crippen LogP contribution in [0.2, 0.25) is 0 Å². The average Bonchev–Trinajstić information content (AvgIpc) is 3.20. The molecule has 1 aliphatic rings. The summed E-state index contributed by atoms with van der Waals surface area (Å²) in [6, 6.07) is -0.0632. The molecular weight excluding hydrogens is 322 g/mol. The summed E-state index contributed by atoms with van der Waals surface area (Å²) in [6.07, 6.45) is 4.88. The van der Waals surface area contributed by atoms with Crippen LogP contribution in [0.5, 0.6) is 0 Å². The SMILES string of the molecule is CC(C)CC(CO)Nc1cnn(CC2CC2)c(=O)c1Br. The van der Waals surface area contributed by atoms with E-state index in [4.69, 9.17) is 0 Å². The first kappa shape index (κ1) is 15.5. The largest absolute Gasteiger partial charge is 0.394 e. The van der Waals surface area contributed by atoms with E-state index in [0.29, 0.717) is 28.5 Å². The molecule has 20 heavy (non-hydrogen) atoms. The highest BCUT2D eigenvalue weighted by molar-refractivity contribution is 9.10. The highest BCUT2D eigenvalue weighted by Gasteiger charge is 2.23. The number of hydrogen-bond donors (Lipinski definition) is 2. The van der Waals surface area contributed by atoms with Crippen molar-refractivity contribution in [3.05, 3.63) is 21.0 Å². The van der Waals surface area contributed by atoms with E-state index < -0.39 is 0 Å². The molecule has 1 aromatic heterocycles. The molecule has 5 nitrogen and oxygen atoms in total. The van der Waals surface area contributed by atoms with Gasteiger partial charge >= 0.3 is 0 Å². The van der Waals surface area contributed by atoms with Crippen LogP contribution in [0.15, 0.2) is 15.5 Å². The predicted molar refractivity (Wildman–Crippen MR) is 82.9 cm³/mol. The van der Waals surface area contributed by atoms with Gasteiger partial charge in [-0.25, -0.2) is 4.68 Å². The predicted octanol–water partition coefficient (Wildman–Crippen LogP) is 2.23. The van der Waals surface area contributed by atoms with Gasteiger partial charge in [-0.15, -0.1) is 0 Å². The first-order valence-electron chi connectivity index (χ1n) is 7.14. The van der Waals surface area contributed by atoms with Gasteiger partial charge < -0.3 is 10.4 Å². The summed E-state index contributed by atoms with van der Waals surface area (Å²) in [5, 5.41) is 16.8. The summed E-state index contributed by atoms with van der Waals surface area (Å²) in [4.78, 5) is 12.2. The van der Waals surface area contributed by atoms with Crippen LogP contribution in [0.4, 0.5) is 5.69 Å². The van der Waals surface area contributed by atoms with Gasteiger partial charge in [0.2, 0.25) is 0 Å². The van der Waals surface area contributed by atoms with E-state index in [2.05, 4.69) is 40.2 Å². The minimum absolute atomic E-state index is 0.0375. The Morgan fingerprint density at radius 2 is 2.25 bits per heavy atom. The molecule has 1 atom stereocenters. The topological polar surface area (TPSA) is 67.2 Å². The second kappa shape index (κ2) is 6.72. The van der Waals surface area contributed by atoms with Crippen molar-refractivity contribution in [1.82, 2.24) is 9.78 Å².